The quantitative estimate of drug-likeness (QED) is 0.0993. The number of aliphatic hydroxyl groups excluding tert-OH is 3. The highest BCUT2D eigenvalue weighted by molar-refractivity contribution is 5.82. The average Bonchev–Trinajstić information content (AvgIpc) is 3.22. The second kappa shape index (κ2) is 26.4. The zero-order chi connectivity index (χ0) is 58.2. The summed E-state index contributed by atoms with van der Waals surface area (Å²) in [5.41, 5.74) is -4.26. The van der Waals surface area contributed by atoms with E-state index in [0.29, 0.717) is 12.3 Å². The summed E-state index contributed by atoms with van der Waals surface area (Å²) in [6.07, 6.45) is -12.1. The molecule has 0 aromatic carbocycles. The molecule has 442 valence electrons. The number of ether oxygens (including phenoxy) is 9. The van der Waals surface area contributed by atoms with Gasteiger partial charge in [-0.15, -0.1) is 0 Å². The number of nitrogens with one attached hydrogen (secondary N) is 6. The number of rotatable bonds is 16. The molecule has 0 radical (unpaired) electrons. The van der Waals surface area contributed by atoms with Crippen molar-refractivity contribution in [3.8, 4) is 0 Å². The first-order chi connectivity index (χ1) is 35.3. The molecule has 77 heavy (non-hydrogen) atoms. The fraction of sp³-hybridized carbons (Fsp3) is 0.846. The molecule has 25 nitrogen and oxygen atoms in total. The molecule has 25 heteroatoms. The first kappa shape index (κ1) is 64.6. The van der Waals surface area contributed by atoms with Gasteiger partial charge in [-0.1, -0.05) is 6.92 Å². The largest absolute Gasteiger partial charge is 0.466 e. The van der Waals surface area contributed by atoms with Crippen LogP contribution < -0.4 is 31.9 Å². The zero-order valence-corrected chi connectivity index (χ0v) is 48.2. The normalized spacial score (nSPS) is 29.4. The molecule has 4 aliphatic rings. The van der Waals surface area contributed by atoms with Gasteiger partial charge >= 0.3 is 30.5 Å². The topological polar surface area (TPSA) is 322 Å². The number of amides is 6. The van der Waals surface area contributed by atoms with Gasteiger partial charge in [-0.3, -0.25) is 4.79 Å². The van der Waals surface area contributed by atoms with Crippen LogP contribution in [0.5, 0.6) is 0 Å². The van der Waals surface area contributed by atoms with Crippen molar-refractivity contribution in [1.29, 1.82) is 0 Å². The molecule has 2 saturated carbocycles. The minimum absolute atomic E-state index is 0.0353. The lowest BCUT2D eigenvalue weighted by Gasteiger charge is -2.49. The van der Waals surface area contributed by atoms with Gasteiger partial charge in [0, 0.05) is 19.0 Å². The fourth-order valence-corrected chi connectivity index (χ4v) is 8.96. The Morgan fingerprint density at radius 2 is 1.13 bits per heavy atom. The third-order valence-electron chi connectivity index (χ3n) is 12.2. The van der Waals surface area contributed by atoms with Gasteiger partial charge < -0.3 is 94.8 Å². The SMILES string of the molecule is C[C@@H]1CO[C@H](O[C@@H]2[C@@H](O)[C@H](O[C@H]3OC(CNC[C@H]4C[C@H](NC(=O)OC(C)(C)C)C4)=CC[C@H]3NC(=O)OC(C)(C)C)[C@@H](NC(=O)OC(C)(C)C)C[C@H]2NC(=O)[C@@H](O)CNC(=O)OC(C)(C)C)[C@H](O)[C@H]1N(C)C(=O)OC(C)(C)C. The van der Waals surface area contributed by atoms with Crippen LogP contribution in [-0.2, 0) is 47.4 Å². The highest BCUT2D eigenvalue weighted by Crippen LogP contribution is 2.34. The molecule has 6 amide bonds. The van der Waals surface area contributed by atoms with Crippen LogP contribution in [0.2, 0.25) is 0 Å². The summed E-state index contributed by atoms with van der Waals surface area (Å²) in [5.74, 6) is -0.830. The summed E-state index contributed by atoms with van der Waals surface area (Å²) >= 11 is 0. The number of nitrogens with zero attached hydrogens (tertiary/aromatic N) is 1. The smallest absolute Gasteiger partial charge is 0.410 e. The Labute approximate surface area is 453 Å². The van der Waals surface area contributed by atoms with Gasteiger partial charge in [-0.05, 0) is 148 Å². The first-order valence-electron chi connectivity index (χ1n) is 26.5. The van der Waals surface area contributed by atoms with Gasteiger partial charge in [-0.2, -0.15) is 0 Å². The molecule has 0 aromatic rings. The fourth-order valence-electron chi connectivity index (χ4n) is 8.96. The Morgan fingerprint density at radius 3 is 1.66 bits per heavy atom. The zero-order valence-electron chi connectivity index (χ0n) is 48.2. The van der Waals surface area contributed by atoms with Gasteiger partial charge in [0.05, 0.1) is 43.9 Å². The molecule has 9 N–H and O–H groups in total. The maximum Gasteiger partial charge on any atom is 0.410 e. The Balaban J connectivity index is 1.68. The number of alkyl carbamates (subject to hydrolysis) is 4. The van der Waals surface area contributed by atoms with Crippen LogP contribution in [0, 0.1) is 11.8 Å². The maximum absolute atomic E-state index is 13.9. The highest BCUT2D eigenvalue weighted by atomic mass is 16.7. The molecule has 0 bridgehead atoms. The van der Waals surface area contributed by atoms with E-state index < -0.39 is 144 Å². The van der Waals surface area contributed by atoms with Gasteiger partial charge in [0.25, 0.3) is 5.91 Å². The maximum atomic E-state index is 13.9. The summed E-state index contributed by atoms with van der Waals surface area (Å²) in [5, 5.41) is 52.6. The van der Waals surface area contributed by atoms with Crippen molar-refractivity contribution >= 4 is 36.4 Å². The second-order valence-corrected chi connectivity index (χ2v) is 25.4. The third kappa shape index (κ3) is 21.7. The van der Waals surface area contributed by atoms with Gasteiger partial charge in [0.15, 0.2) is 6.29 Å². The number of likely N-dealkylation sites (N-methyl/N-ethyl adjacent to an activating group) is 1. The monoisotopic (exact) mass is 1100 g/mol. The molecule has 3 fully saturated rings. The van der Waals surface area contributed by atoms with Crippen molar-refractivity contribution in [1.82, 2.24) is 36.8 Å². The Morgan fingerprint density at radius 1 is 0.649 bits per heavy atom. The molecule has 0 spiro atoms. The molecule has 2 aliphatic heterocycles. The van der Waals surface area contributed by atoms with Crippen LogP contribution in [0.4, 0.5) is 24.0 Å². The van der Waals surface area contributed by atoms with Gasteiger partial charge in [0.1, 0.15) is 64.3 Å². The molecule has 12 atom stereocenters. The van der Waals surface area contributed by atoms with Crippen molar-refractivity contribution < 1.29 is 86.7 Å². The summed E-state index contributed by atoms with van der Waals surface area (Å²) in [4.78, 5) is 80.2. The lowest BCUT2D eigenvalue weighted by Crippen LogP contribution is -2.69. The predicted octanol–water partition coefficient (Wildman–Crippen LogP) is 3.79. The van der Waals surface area contributed by atoms with E-state index in [0.717, 1.165) is 12.8 Å². The van der Waals surface area contributed by atoms with Crippen molar-refractivity contribution in [2.75, 3.05) is 33.3 Å². The van der Waals surface area contributed by atoms with Crippen LogP contribution in [-0.4, -0.2) is 191 Å². The lowest BCUT2D eigenvalue weighted by atomic mass is 9.80. The van der Waals surface area contributed by atoms with Crippen LogP contribution in [0.3, 0.4) is 0 Å². The second-order valence-electron chi connectivity index (χ2n) is 25.4. The Kier molecular flexibility index (Phi) is 22.1. The van der Waals surface area contributed by atoms with Crippen molar-refractivity contribution in [3.63, 3.8) is 0 Å². The predicted molar refractivity (Wildman–Crippen MR) is 278 cm³/mol. The molecular formula is C52H91N7O18. The summed E-state index contributed by atoms with van der Waals surface area (Å²) in [7, 11) is 1.46. The van der Waals surface area contributed by atoms with Crippen molar-refractivity contribution in [2.24, 2.45) is 11.8 Å². The van der Waals surface area contributed by atoms with E-state index in [4.69, 9.17) is 42.6 Å². The summed E-state index contributed by atoms with van der Waals surface area (Å²) in [6.45, 7) is 27.3. The summed E-state index contributed by atoms with van der Waals surface area (Å²) < 4.78 is 53.1. The van der Waals surface area contributed by atoms with Gasteiger partial charge in [-0.25, -0.2) is 24.0 Å². The molecule has 2 aliphatic carbocycles. The Bertz CT molecular complexity index is 2040. The van der Waals surface area contributed by atoms with E-state index >= 15 is 0 Å². The van der Waals surface area contributed by atoms with E-state index in [-0.39, 0.29) is 38.0 Å². The van der Waals surface area contributed by atoms with Crippen LogP contribution >= 0.6 is 0 Å². The third-order valence-corrected chi connectivity index (χ3v) is 12.2. The average molecular weight is 1100 g/mol. The highest BCUT2D eigenvalue weighted by Gasteiger charge is 2.53. The molecule has 0 unspecified atom stereocenters. The van der Waals surface area contributed by atoms with E-state index in [1.54, 1.807) is 117 Å². The number of carbonyl (C=O) groups excluding carboxylic acids is 6. The molecular weight excluding hydrogens is 1010 g/mol. The van der Waals surface area contributed by atoms with Crippen LogP contribution in [0.25, 0.3) is 0 Å². The van der Waals surface area contributed by atoms with Crippen molar-refractivity contribution in [3.05, 3.63) is 11.8 Å². The molecule has 1 saturated heterocycles. The van der Waals surface area contributed by atoms with E-state index in [2.05, 4.69) is 31.9 Å². The minimum atomic E-state index is -1.87. The van der Waals surface area contributed by atoms with Crippen molar-refractivity contribution in [2.45, 2.75) is 238 Å². The number of hydrogen-bond donors (Lipinski definition) is 9. The van der Waals surface area contributed by atoms with E-state index in [9.17, 15) is 44.1 Å². The standard InChI is InChI=1S/C52H91N7O18/c1-27-26-69-42(36(61)35(27)59(17)47(68)77-52(14,15)16)72-38-32(56-40(63)34(60)25-54-43(64)73-48(2,3)4)22-33(58-46(67)76-51(11,12)13)39(37(38)62)71-41-31(57-45(66)75-50(8,9)10)19-18-30(70-41)24-53-23-28-20-29(21-28)55-44(65)74-49(5,6)7/h18,27-29,31-39,41-42,53,60-62H,19-26H2,1-17H3,(H,54,64)(H,55,65)(H,56,63)(H,57,66)(H,58,67)/t27-,28-,29-,31-,32-,33+,34+,35+,36-,37-,38+,39-,41-,42-/m1/s1. The molecule has 0 aromatic heterocycles. The number of aliphatic hydroxyl groups is 3. The van der Waals surface area contributed by atoms with Crippen LogP contribution in [0.1, 0.15) is 136 Å². The van der Waals surface area contributed by atoms with Gasteiger partial charge in [0.2, 0.25) is 6.29 Å². The lowest BCUT2D eigenvalue weighted by molar-refractivity contribution is -0.292. The number of carbonyl (C=O) groups is 6. The summed E-state index contributed by atoms with van der Waals surface area (Å²) in [6, 6.07) is -4.50. The van der Waals surface area contributed by atoms with E-state index in [1.165, 1.54) is 11.9 Å². The minimum Gasteiger partial charge on any atom is -0.466 e. The first-order valence-corrected chi connectivity index (χ1v) is 26.5. The molecule has 4 rings (SSSR count). The number of hydrogen-bond acceptors (Lipinski definition) is 19. The van der Waals surface area contributed by atoms with Crippen LogP contribution in [0.15, 0.2) is 11.8 Å². The van der Waals surface area contributed by atoms with E-state index in [1.807, 2.05) is 0 Å². The Hall–Kier alpha value is -4.92. The molecule has 2 heterocycles.